The minimum absolute atomic E-state index is 0.177. The summed E-state index contributed by atoms with van der Waals surface area (Å²) in [5, 5.41) is 5.33. The minimum Gasteiger partial charge on any atom is -0.370 e. The molecule has 6 nitrogen and oxygen atoms in total. The smallest absolute Gasteiger partial charge is 0.263 e. The van der Waals surface area contributed by atoms with Crippen LogP contribution in [0.4, 0.5) is 10.9 Å². The van der Waals surface area contributed by atoms with Crippen molar-refractivity contribution < 1.29 is 8.42 Å². The summed E-state index contributed by atoms with van der Waals surface area (Å²) in [5.74, 6) is 1.05. The van der Waals surface area contributed by atoms with Crippen LogP contribution in [-0.4, -0.2) is 24.9 Å². The maximum absolute atomic E-state index is 12.4. The predicted molar refractivity (Wildman–Crippen MR) is 83.3 cm³/mol. The van der Waals surface area contributed by atoms with Crippen LogP contribution >= 0.6 is 11.3 Å². The Kier molecular flexibility index (Phi) is 3.81. The molecule has 0 saturated heterocycles. The third-order valence-corrected chi connectivity index (χ3v) is 5.38. The fourth-order valence-electron chi connectivity index (χ4n) is 1.93. The number of anilines is 2. The van der Waals surface area contributed by atoms with Crippen LogP contribution in [0.5, 0.6) is 0 Å². The Morgan fingerprint density at radius 1 is 1.43 bits per heavy atom. The molecule has 112 valence electrons. The number of thiazole rings is 1. The molecule has 1 saturated carbocycles. The van der Waals surface area contributed by atoms with Gasteiger partial charge in [-0.3, -0.25) is 4.72 Å². The zero-order valence-electron chi connectivity index (χ0n) is 11.5. The molecule has 1 aliphatic rings. The average Bonchev–Trinajstić information content (AvgIpc) is 3.20. The van der Waals surface area contributed by atoms with Gasteiger partial charge in [0.15, 0.2) is 5.13 Å². The quantitative estimate of drug-likeness (QED) is 0.853. The molecule has 1 aliphatic carbocycles. The van der Waals surface area contributed by atoms with E-state index in [-0.39, 0.29) is 4.90 Å². The molecule has 8 heteroatoms. The fourth-order valence-corrected chi connectivity index (χ4v) is 3.99. The van der Waals surface area contributed by atoms with Crippen molar-refractivity contribution in [1.29, 1.82) is 0 Å². The molecule has 0 aromatic carbocycles. The SMILES string of the molecule is CCNc1cc(S(=O)(=O)Nc2nc(C3CC3)cs2)ccn1. The first-order valence-corrected chi connectivity index (χ1v) is 9.13. The van der Waals surface area contributed by atoms with E-state index in [1.54, 1.807) is 0 Å². The maximum atomic E-state index is 12.4. The molecule has 0 spiro atoms. The number of hydrogen-bond donors (Lipinski definition) is 2. The van der Waals surface area contributed by atoms with Crippen LogP contribution in [0.15, 0.2) is 28.6 Å². The molecule has 0 bridgehead atoms. The lowest BCUT2D eigenvalue weighted by atomic mass is 10.3. The number of hydrogen-bond acceptors (Lipinski definition) is 6. The molecule has 2 N–H and O–H groups in total. The van der Waals surface area contributed by atoms with Crippen LogP contribution in [-0.2, 0) is 10.0 Å². The van der Waals surface area contributed by atoms with Crippen molar-refractivity contribution in [2.24, 2.45) is 0 Å². The standard InChI is InChI=1S/C13H16N4O2S2/c1-2-14-12-7-10(5-6-15-12)21(18,19)17-13-16-11(8-20-13)9-3-4-9/h5-9H,2-4H2,1H3,(H,14,15)(H,16,17). The molecule has 1 fully saturated rings. The Morgan fingerprint density at radius 2 is 2.24 bits per heavy atom. The van der Waals surface area contributed by atoms with E-state index in [1.165, 1.54) is 29.7 Å². The molecule has 3 rings (SSSR count). The summed E-state index contributed by atoms with van der Waals surface area (Å²) >= 11 is 1.32. The van der Waals surface area contributed by atoms with Crippen LogP contribution in [0.3, 0.4) is 0 Å². The van der Waals surface area contributed by atoms with Crippen molar-refractivity contribution in [2.45, 2.75) is 30.6 Å². The van der Waals surface area contributed by atoms with E-state index in [4.69, 9.17) is 0 Å². The number of aromatic nitrogens is 2. The Morgan fingerprint density at radius 3 is 2.95 bits per heavy atom. The lowest BCUT2D eigenvalue weighted by Crippen LogP contribution is -2.13. The molecule has 2 aromatic rings. The van der Waals surface area contributed by atoms with Gasteiger partial charge in [-0.1, -0.05) is 0 Å². The van der Waals surface area contributed by atoms with Gasteiger partial charge in [-0.2, -0.15) is 0 Å². The van der Waals surface area contributed by atoms with E-state index >= 15 is 0 Å². The molecule has 2 heterocycles. The van der Waals surface area contributed by atoms with Crippen LogP contribution < -0.4 is 10.0 Å². The van der Waals surface area contributed by atoms with Gasteiger partial charge < -0.3 is 5.32 Å². The van der Waals surface area contributed by atoms with Gasteiger partial charge >= 0.3 is 0 Å². The van der Waals surface area contributed by atoms with Crippen molar-refractivity contribution >= 4 is 32.3 Å². The second-order valence-electron chi connectivity index (χ2n) is 4.86. The topological polar surface area (TPSA) is 84.0 Å². The second-order valence-corrected chi connectivity index (χ2v) is 7.40. The van der Waals surface area contributed by atoms with Gasteiger partial charge in [0.2, 0.25) is 0 Å². The molecule has 21 heavy (non-hydrogen) atoms. The van der Waals surface area contributed by atoms with Gasteiger partial charge in [0, 0.05) is 30.1 Å². The van der Waals surface area contributed by atoms with Crippen molar-refractivity contribution in [3.8, 4) is 0 Å². The van der Waals surface area contributed by atoms with Gasteiger partial charge in [0.25, 0.3) is 10.0 Å². The largest absolute Gasteiger partial charge is 0.370 e. The summed E-state index contributed by atoms with van der Waals surface area (Å²) in [6.07, 6.45) is 3.77. The van der Waals surface area contributed by atoms with Crippen LogP contribution in [0, 0.1) is 0 Å². The van der Waals surface area contributed by atoms with E-state index in [9.17, 15) is 8.42 Å². The molecule has 0 amide bonds. The molecule has 0 atom stereocenters. The van der Waals surface area contributed by atoms with Gasteiger partial charge in [-0.15, -0.1) is 11.3 Å². The Bertz CT molecular complexity index is 738. The number of nitrogens with one attached hydrogen (secondary N) is 2. The van der Waals surface area contributed by atoms with Crippen LogP contribution in [0.25, 0.3) is 0 Å². The molecule has 2 aromatic heterocycles. The molecule has 0 unspecified atom stereocenters. The first-order valence-electron chi connectivity index (χ1n) is 6.76. The third kappa shape index (κ3) is 3.33. The van der Waals surface area contributed by atoms with Gasteiger partial charge in [0.1, 0.15) is 5.82 Å². The average molecular weight is 324 g/mol. The molecule has 0 aliphatic heterocycles. The van der Waals surface area contributed by atoms with Crippen molar-refractivity contribution in [1.82, 2.24) is 9.97 Å². The first-order chi connectivity index (χ1) is 10.1. The van der Waals surface area contributed by atoms with Gasteiger partial charge in [-0.05, 0) is 25.8 Å². The van der Waals surface area contributed by atoms with Crippen molar-refractivity contribution in [2.75, 3.05) is 16.6 Å². The van der Waals surface area contributed by atoms with E-state index in [0.717, 1.165) is 18.5 Å². The van der Waals surface area contributed by atoms with Crippen molar-refractivity contribution in [3.05, 3.63) is 29.4 Å². The van der Waals surface area contributed by atoms with Crippen LogP contribution in [0.2, 0.25) is 0 Å². The Labute approximate surface area is 127 Å². The minimum atomic E-state index is -3.63. The van der Waals surface area contributed by atoms with E-state index in [0.29, 0.717) is 23.4 Å². The van der Waals surface area contributed by atoms with Gasteiger partial charge in [0.05, 0.1) is 10.6 Å². The third-order valence-electron chi connectivity index (χ3n) is 3.14. The zero-order valence-corrected chi connectivity index (χ0v) is 13.2. The van der Waals surface area contributed by atoms with Crippen molar-refractivity contribution in [3.63, 3.8) is 0 Å². The number of nitrogens with zero attached hydrogens (tertiary/aromatic N) is 2. The lowest BCUT2D eigenvalue weighted by molar-refractivity contribution is 0.601. The van der Waals surface area contributed by atoms with E-state index < -0.39 is 10.0 Å². The highest BCUT2D eigenvalue weighted by Gasteiger charge is 2.27. The maximum Gasteiger partial charge on any atom is 0.263 e. The highest BCUT2D eigenvalue weighted by atomic mass is 32.2. The summed E-state index contributed by atoms with van der Waals surface area (Å²) in [6, 6.07) is 2.99. The van der Waals surface area contributed by atoms with E-state index in [2.05, 4.69) is 20.0 Å². The zero-order chi connectivity index (χ0) is 14.9. The molecular weight excluding hydrogens is 308 g/mol. The number of rotatable bonds is 6. The van der Waals surface area contributed by atoms with E-state index in [1.807, 2.05) is 12.3 Å². The highest BCUT2D eigenvalue weighted by Crippen LogP contribution is 2.41. The summed E-state index contributed by atoms with van der Waals surface area (Å²) in [7, 11) is -3.63. The molecular formula is C13H16N4O2S2. The summed E-state index contributed by atoms with van der Waals surface area (Å²) in [4.78, 5) is 8.59. The Balaban J connectivity index is 1.80. The number of pyridine rings is 1. The summed E-state index contributed by atoms with van der Waals surface area (Å²) < 4.78 is 27.2. The highest BCUT2D eigenvalue weighted by molar-refractivity contribution is 7.93. The lowest BCUT2D eigenvalue weighted by Gasteiger charge is -2.07. The molecule has 0 radical (unpaired) electrons. The fraction of sp³-hybridized carbons (Fsp3) is 0.385. The normalized spacial score (nSPS) is 14.9. The van der Waals surface area contributed by atoms with Crippen LogP contribution in [0.1, 0.15) is 31.4 Å². The predicted octanol–water partition coefficient (Wildman–Crippen LogP) is 2.65. The summed E-state index contributed by atoms with van der Waals surface area (Å²) in [5.41, 5.74) is 0.987. The Hall–Kier alpha value is -1.67. The second kappa shape index (κ2) is 5.61. The summed E-state index contributed by atoms with van der Waals surface area (Å²) in [6.45, 7) is 2.61. The monoisotopic (exact) mass is 324 g/mol. The number of sulfonamides is 1. The first kappa shape index (κ1) is 14.3. The van der Waals surface area contributed by atoms with Gasteiger partial charge in [-0.25, -0.2) is 18.4 Å².